The lowest BCUT2D eigenvalue weighted by Gasteiger charge is -2.20. The summed E-state index contributed by atoms with van der Waals surface area (Å²) in [7, 11) is 0. The Kier molecular flexibility index (Phi) is 6.26. The van der Waals surface area contributed by atoms with Crippen molar-refractivity contribution >= 4 is 28.6 Å². The highest BCUT2D eigenvalue weighted by atomic mass is 32.2. The quantitative estimate of drug-likeness (QED) is 0.302. The Balaban J connectivity index is 1.34. The van der Waals surface area contributed by atoms with Gasteiger partial charge in [-0.1, -0.05) is 84.6 Å². The maximum absolute atomic E-state index is 13.1. The molecule has 0 aliphatic heterocycles. The molecule has 0 saturated heterocycles. The number of hydrogen-bond acceptors (Lipinski definition) is 4. The second-order valence-corrected chi connectivity index (χ2v) is 9.27. The highest BCUT2D eigenvalue weighted by Crippen LogP contribution is 2.36. The standard InChI is InChI=1S/C27H25N3O2S/c31-25(28-24(20-11-5-2-6-12-20)17-19-9-3-1-4-10-19)18-33-27-29-23-14-8-7-13-22(23)26(32)30(27)21-15-16-21/h1-14,21,24H,15-18H2,(H,28,31). The zero-order valence-corrected chi connectivity index (χ0v) is 19.0. The molecule has 5 nitrogen and oxygen atoms in total. The maximum atomic E-state index is 13.1. The van der Waals surface area contributed by atoms with Gasteiger partial charge in [-0.05, 0) is 42.5 Å². The average Bonchev–Trinajstić information content (AvgIpc) is 3.69. The number of fused-ring (bicyclic) bond motifs is 1. The monoisotopic (exact) mass is 455 g/mol. The summed E-state index contributed by atoms with van der Waals surface area (Å²) in [6, 6.07) is 27.7. The van der Waals surface area contributed by atoms with Crippen LogP contribution in [0.4, 0.5) is 0 Å². The van der Waals surface area contributed by atoms with Crippen molar-refractivity contribution in [2.75, 3.05) is 5.75 Å². The van der Waals surface area contributed by atoms with Gasteiger partial charge in [0.15, 0.2) is 5.16 Å². The molecule has 1 heterocycles. The van der Waals surface area contributed by atoms with Crippen molar-refractivity contribution < 1.29 is 4.79 Å². The Labute approximate surface area is 196 Å². The Morgan fingerprint density at radius 1 is 0.970 bits per heavy atom. The van der Waals surface area contributed by atoms with Crippen molar-refractivity contribution in [2.45, 2.75) is 36.5 Å². The first-order chi connectivity index (χ1) is 16.2. The zero-order valence-electron chi connectivity index (χ0n) is 18.2. The van der Waals surface area contributed by atoms with E-state index in [9.17, 15) is 9.59 Å². The molecule has 3 aromatic carbocycles. The van der Waals surface area contributed by atoms with E-state index in [2.05, 4.69) is 17.4 Å². The third-order valence-electron chi connectivity index (χ3n) is 5.84. The fraction of sp³-hybridized carbons (Fsp3) is 0.222. The predicted molar refractivity (Wildman–Crippen MR) is 132 cm³/mol. The molecule has 1 aromatic heterocycles. The number of aromatic nitrogens is 2. The van der Waals surface area contributed by atoms with Gasteiger partial charge in [0.25, 0.3) is 5.56 Å². The fourth-order valence-corrected chi connectivity index (χ4v) is 4.91. The van der Waals surface area contributed by atoms with Gasteiger partial charge in [0.1, 0.15) is 0 Å². The molecular weight excluding hydrogens is 430 g/mol. The Morgan fingerprint density at radius 2 is 1.64 bits per heavy atom. The van der Waals surface area contributed by atoms with Gasteiger partial charge in [0, 0.05) is 6.04 Å². The first-order valence-corrected chi connectivity index (χ1v) is 12.2. The predicted octanol–water partition coefficient (Wildman–Crippen LogP) is 4.92. The van der Waals surface area contributed by atoms with Crippen LogP contribution in [0, 0.1) is 0 Å². The van der Waals surface area contributed by atoms with Crippen LogP contribution in [0.1, 0.15) is 36.1 Å². The summed E-state index contributed by atoms with van der Waals surface area (Å²) in [5, 5.41) is 4.44. The number of carbonyl (C=O) groups is 1. The van der Waals surface area contributed by atoms with E-state index >= 15 is 0 Å². The van der Waals surface area contributed by atoms with E-state index < -0.39 is 0 Å². The molecular formula is C27H25N3O2S. The summed E-state index contributed by atoms with van der Waals surface area (Å²) in [6.07, 6.45) is 2.67. The Hall–Kier alpha value is -3.38. The number of para-hydroxylation sites is 1. The normalized spacial score (nSPS) is 14.2. The van der Waals surface area contributed by atoms with E-state index in [-0.39, 0.29) is 29.3 Å². The van der Waals surface area contributed by atoms with Crippen LogP contribution in [0.5, 0.6) is 0 Å². The molecule has 1 fully saturated rings. The molecule has 166 valence electrons. The number of benzene rings is 3. The summed E-state index contributed by atoms with van der Waals surface area (Å²) in [4.78, 5) is 30.8. The number of hydrogen-bond donors (Lipinski definition) is 1. The molecule has 0 radical (unpaired) electrons. The molecule has 1 aliphatic rings. The molecule has 33 heavy (non-hydrogen) atoms. The van der Waals surface area contributed by atoms with E-state index in [1.165, 1.54) is 11.8 Å². The summed E-state index contributed by atoms with van der Waals surface area (Å²) in [5.41, 5.74) is 2.89. The molecule has 0 spiro atoms. The summed E-state index contributed by atoms with van der Waals surface area (Å²) >= 11 is 1.34. The molecule has 0 bridgehead atoms. The van der Waals surface area contributed by atoms with Crippen molar-refractivity contribution in [1.29, 1.82) is 0 Å². The van der Waals surface area contributed by atoms with Crippen molar-refractivity contribution in [3.63, 3.8) is 0 Å². The number of rotatable bonds is 8. The zero-order chi connectivity index (χ0) is 22.6. The first-order valence-electron chi connectivity index (χ1n) is 11.2. The smallest absolute Gasteiger partial charge is 0.262 e. The average molecular weight is 456 g/mol. The van der Waals surface area contributed by atoms with Gasteiger partial charge in [-0.25, -0.2) is 4.98 Å². The third-order valence-corrected chi connectivity index (χ3v) is 6.79. The molecule has 6 heteroatoms. The largest absolute Gasteiger partial charge is 0.348 e. The minimum absolute atomic E-state index is 0.0164. The van der Waals surface area contributed by atoms with Gasteiger partial charge in [0.2, 0.25) is 5.91 Å². The summed E-state index contributed by atoms with van der Waals surface area (Å²) in [6.45, 7) is 0. The lowest BCUT2D eigenvalue weighted by molar-refractivity contribution is -0.119. The lowest BCUT2D eigenvalue weighted by Crippen LogP contribution is -2.31. The van der Waals surface area contributed by atoms with Gasteiger partial charge in [0.05, 0.1) is 22.7 Å². The molecule has 1 saturated carbocycles. The SMILES string of the molecule is O=C(CSc1nc2ccccc2c(=O)n1C1CC1)NC(Cc1ccccc1)c1ccccc1. The minimum Gasteiger partial charge on any atom is -0.348 e. The van der Waals surface area contributed by atoms with Crippen LogP contribution in [0.2, 0.25) is 0 Å². The fourth-order valence-electron chi connectivity index (χ4n) is 4.04. The van der Waals surface area contributed by atoms with Crippen molar-refractivity contribution in [2.24, 2.45) is 0 Å². The van der Waals surface area contributed by atoms with Gasteiger partial charge >= 0.3 is 0 Å². The second-order valence-electron chi connectivity index (χ2n) is 8.33. The molecule has 1 unspecified atom stereocenters. The van der Waals surface area contributed by atoms with E-state index in [0.717, 1.165) is 24.0 Å². The van der Waals surface area contributed by atoms with Gasteiger partial charge in [-0.2, -0.15) is 0 Å². The van der Waals surface area contributed by atoms with Crippen molar-refractivity contribution in [3.8, 4) is 0 Å². The van der Waals surface area contributed by atoms with Crippen molar-refractivity contribution in [1.82, 2.24) is 14.9 Å². The molecule has 1 atom stereocenters. The van der Waals surface area contributed by atoms with Crippen LogP contribution in [0.25, 0.3) is 10.9 Å². The third kappa shape index (κ3) is 5.01. The number of carbonyl (C=O) groups excluding carboxylic acids is 1. The van der Waals surface area contributed by atoms with E-state index in [4.69, 9.17) is 4.98 Å². The van der Waals surface area contributed by atoms with Gasteiger partial charge in [-0.3, -0.25) is 14.2 Å². The van der Waals surface area contributed by atoms with Crippen LogP contribution >= 0.6 is 11.8 Å². The van der Waals surface area contributed by atoms with Crippen LogP contribution in [0.15, 0.2) is 94.9 Å². The van der Waals surface area contributed by atoms with Crippen LogP contribution in [-0.4, -0.2) is 21.2 Å². The number of nitrogens with zero attached hydrogens (tertiary/aromatic N) is 2. The molecule has 1 amide bonds. The van der Waals surface area contributed by atoms with E-state index in [1.54, 1.807) is 4.57 Å². The summed E-state index contributed by atoms with van der Waals surface area (Å²) < 4.78 is 1.78. The van der Waals surface area contributed by atoms with Crippen LogP contribution in [0.3, 0.4) is 0 Å². The highest BCUT2D eigenvalue weighted by molar-refractivity contribution is 7.99. The number of thioether (sulfide) groups is 1. The second kappa shape index (κ2) is 9.63. The van der Waals surface area contributed by atoms with E-state index in [0.29, 0.717) is 22.5 Å². The summed E-state index contributed by atoms with van der Waals surface area (Å²) in [5.74, 6) is 0.129. The van der Waals surface area contributed by atoms with Crippen molar-refractivity contribution in [3.05, 3.63) is 106 Å². The Morgan fingerprint density at radius 3 is 2.36 bits per heavy atom. The lowest BCUT2D eigenvalue weighted by atomic mass is 9.99. The first kappa shape index (κ1) is 21.5. The Bertz CT molecular complexity index is 1320. The topological polar surface area (TPSA) is 64.0 Å². The highest BCUT2D eigenvalue weighted by Gasteiger charge is 2.29. The molecule has 1 aliphatic carbocycles. The van der Waals surface area contributed by atoms with Gasteiger partial charge in [-0.15, -0.1) is 0 Å². The minimum atomic E-state index is -0.128. The molecule has 5 rings (SSSR count). The molecule has 1 N–H and O–H groups in total. The van der Waals surface area contributed by atoms with Crippen LogP contribution < -0.4 is 10.9 Å². The number of nitrogens with one attached hydrogen (secondary N) is 1. The number of amides is 1. The van der Waals surface area contributed by atoms with E-state index in [1.807, 2.05) is 72.8 Å². The maximum Gasteiger partial charge on any atom is 0.262 e. The van der Waals surface area contributed by atoms with Gasteiger partial charge < -0.3 is 5.32 Å². The molecule has 4 aromatic rings. The van der Waals surface area contributed by atoms with Crippen LogP contribution in [-0.2, 0) is 11.2 Å².